The normalized spacial score (nSPS) is 10.4. The molecule has 3 aromatic rings. The fraction of sp³-hybridized carbons (Fsp3) is 0.273. The van der Waals surface area contributed by atoms with Gasteiger partial charge < -0.3 is 20.1 Å². The van der Waals surface area contributed by atoms with Gasteiger partial charge in [0.05, 0.1) is 14.2 Å². The summed E-state index contributed by atoms with van der Waals surface area (Å²) >= 11 is 1.23. The fourth-order valence-electron chi connectivity index (χ4n) is 2.78. The van der Waals surface area contributed by atoms with E-state index < -0.39 is 0 Å². The highest BCUT2D eigenvalue weighted by Gasteiger charge is 2.13. The summed E-state index contributed by atoms with van der Waals surface area (Å²) in [4.78, 5) is 24.4. The number of hydrogen-bond acceptors (Lipinski definition) is 7. The Balaban J connectivity index is 1.40. The number of anilines is 1. The van der Waals surface area contributed by atoms with Gasteiger partial charge in [-0.3, -0.25) is 9.59 Å². The first kappa shape index (κ1) is 22.2. The number of amides is 2. The number of nitrogens with one attached hydrogen (secondary N) is 2. The van der Waals surface area contributed by atoms with Gasteiger partial charge in [0.2, 0.25) is 10.9 Å². The third-order valence-corrected chi connectivity index (χ3v) is 5.41. The average molecular weight is 441 g/mol. The zero-order valence-electron chi connectivity index (χ0n) is 17.4. The lowest BCUT2D eigenvalue weighted by Crippen LogP contribution is -2.22. The number of methoxy groups -OCH3 is 2. The summed E-state index contributed by atoms with van der Waals surface area (Å²) in [7, 11) is 3.19. The predicted molar refractivity (Wildman–Crippen MR) is 119 cm³/mol. The number of hydrogen-bond donors (Lipinski definition) is 2. The summed E-state index contributed by atoms with van der Waals surface area (Å²) in [5.74, 6) is 1.12. The summed E-state index contributed by atoms with van der Waals surface area (Å²) in [5.41, 5.74) is 1.62. The lowest BCUT2D eigenvalue weighted by Gasteiger charge is -2.06. The van der Waals surface area contributed by atoms with Crippen LogP contribution in [0.2, 0.25) is 0 Å². The summed E-state index contributed by atoms with van der Waals surface area (Å²) in [6.45, 7) is 0.449. The Hall–Kier alpha value is -3.46. The van der Waals surface area contributed by atoms with Gasteiger partial charge in [-0.2, -0.15) is 0 Å². The van der Waals surface area contributed by atoms with Crippen molar-refractivity contribution in [2.45, 2.75) is 25.8 Å². The van der Waals surface area contributed by atoms with E-state index in [1.807, 2.05) is 24.3 Å². The molecule has 9 heteroatoms. The first-order valence-corrected chi connectivity index (χ1v) is 10.6. The number of aryl methyl sites for hydroxylation is 1. The molecule has 0 atom stereocenters. The Labute approximate surface area is 184 Å². The van der Waals surface area contributed by atoms with Crippen molar-refractivity contribution in [2.75, 3.05) is 19.5 Å². The molecule has 0 unspecified atom stereocenters. The molecule has 8 nitrogen and oxygen atoms in total. The summed E-state index contributed by atoms with van der Waals surface area (Å²) in [6, 6.07) is 14.6. The first-order valence-electron chi connectivity index (χ1n) is 9.75. The molecule has 0 fully saturated rings. The van der Waals surface area contributed by atoms with Gasteiger partial charge in [0, 0.05) is 25.1 Å². The number of benzene rings is 2. The number of nitrogens with zero attached hydrogens (tertiary/aromatic N) is 2. The van der Waals surface area contributed by atoms with Gasteiger partial charge in [-0.25, -0.2) is 0 Å². The van der Waals surface area contributed by atoms with Gasteiger partial charge in [-0.05, 0) is 48.4 Å². The molecule has 0 aliphatic rings. The van der Waals surface area contributed by atoms with Crippen LogP contribution in [-0.2, 0) is 17.8 Å². The maximum atomic E-state index is 12.3. The van der Waals surface area contributed by atoms with Crippen LogP contribution >= 0.6 is 11.3 Å². The van der Waals surface area contributed by atoms with Crippen LogP contribution in [0.4, 0.5) is 5.69 Å². The minimum atomic E-state index is -0.315. The van der Waals surface area contributed by atoms with E-state index in [4.69, 9.17) is 9.47 Å². The highest BCUT2D eigenvalue weighted by atomic mass is 32.1. The molecule has 0 aliphatic carbocycles. The highest BCUT2D eigenvalue weighted by Crippen LogP contribution is 2.18. The standard InChI is InChI=1S/C22H24N4O4S/c1-29-17-11-9-16(10-12-17)24-21(28)22-26-25-20(31-22)8-4-7-19(27)23-14-15-5-3-6-18(13-15)30-2/h3,5-6,9-13H,4,7-8,14H2,1-2H3,(H,23,27)(H,24,28). The summed E-state index contributed by atoms with van der Waals surface area (Å²) in [5, 5.41) is 14.7. The van der Waals surface area contributed by atoms with Crippen molar-refractivity contribution in [3.63, 3.8) is 0 Å². The molecular weight excluding hydrogens is 416 g/mol. The van der Waals surface area contributed by atoms with Crippen molar-refractivity contribution >= 4 is 28.8 Å². The van der Waals surface area contributed by atoms with Gasteiger partial charge in [-0.1, -0.05) is 23.5 Å². The second-order valence-electron chi connectivity index (χ2n) is 6.67. The molecule has 31 heavy (non-hydrogen) atoms. The molecule has 2 amide bonds. The predicted octanol–water partition coefficient (Wildman–Crippen LogP) is 3.45. The molecule has 0 bridgehead atoms. The van der Waals surface area contributed by atoms with E-state index in [2.05, 4.69) is 20.8 Å². The topological polar surface area (TPSA) is 102 Å². The zero-order chi connectivity index (χ0) is 22.1. The van der Waals surface area contributed by atoms with Crippen molar-refractivity contribution in [1.82, 2.24) is 15.5 Å². The van der Waals surface area contributed by atoms with Crippen molar-refractivity contribution in [3.8, 4) is 11.5 Å². The summed E-state index contributed by atoms with van der Waals surface area (Å²) < 4.78 is 10.3. The van der Waals surface area contributed by atoms with Crippen LogP contribution in [0.5, 0.6) is 11.5 Å². The summed E-state index contributed by atoms with van der Waals surface area (Å²) in [6.07, 6.45) is 1.58. The van der Waals surface area contributed by atoms with E-state index in [1.54, 1.807) is 38.5 Å². The van der Waals surface area contributed by atoms with E-state index in [0.717, 1.165) is 16.3 Å². The van der Waals surface area contributed by atoms with Crippen molar-refractivity contribution in [2.24, 2.45) is 0 Å². The monoisotopic (exact) mass is 440 g/mol. The second-order valence-corrected chi connectivity index (χ2v) is 7.73. The van der Waals surface area contributed by atoms with Crippen LogP contribution in [-0.4, -0.2) is 36.2 Å². The average Bonchev–Trinajstić information content (AvgIpc) is 3.27. The number of carbonyl (C=O) groups excluding carboxylic acids is 2. The Morgan fingerprint density at radius 2 is 1.77 bits per heavy atom. The zero-order valence-corrected chi connectivity index (χ0v) is 18.2. The van der Waals surface area contributed by atoms with Crippen molar-refractivity contribution in [3.05, 3.63) is 64.1 Å². The smallest absolute Gasteiger partial charge is 0.286 e. The third-order valence-electron chi connectivity index (χ3n) is 4.43. The molecule has 2 aromatic carbocycles. The number of rotatable bonds is 10. The molecular formula is C22H24N4O4S. The minimum Gasteiger partial charge on any atom is -0.497 e. The van der Waals surface area contributed by atoms with E-state index in [1.165, 1.54) is 11.3 Å². The van der Waals surface area contributed by atoms with Crippen LogP contribution in [0.15, 0.2) is 48.5 Å². The number of aromatic nitrogens is 2. The SMILES string of the molecule is COc1ccc(NC(=O)c2nnc(CCCC(=O)NCc3cccc(OC)c3)s2)cc1. The van der Waals surface area contributed by atoms with Gasteiger partial charge in [0.25, 0.3) is 5.91 Å². The maximum absolute atomic E-state index is 12.3. The third kappa shape index (κ3) is 6.78. The molecule has 0 saturated heterocycles. The van der Waals surface area contributed by atoms with E-state index in [-0.39, 0.29) is 16.8 Å². The molecule has 2 N–H and O–H groups in total. The molecule has 0 radical (unpaired) electrons. The molecule has 0 spiro atoms. The molecule has 1 aromatic heterocycles. The Bertz CT molecular complexity index is 1020. The van der Waals surface area contributed by atoms with Crippen LogP contribution in [0, 0.1) is 0 Å². The van der Waals surface area contributed by atoms with E-state index in [9.17, 15) is 9.59 Å². The molecule has 0 saturated carbocycles. The highest BCUT2D eigenvalue weighted by molar-refractivity contribution is 7.13. The lowest BCUT2D eigenvalue weighted by molar-refractivity contribution is -0.121. The van der Waals surface area contributed by atoms with Gasteiger partial charge in [-0.15, -0.1) is 10.2 Å². The maximum Gasteiger partial charge on any atom is 0.286 e. The van der Waals surface area contributed by atoms with Crippen LogP contribution in [0.1, 0.15) is 33.2 Å². The Morgan fingerprint density at radius 1 is 1.00 bits per heavy atom. The number of carbonyl (C=O) groups is 2. The van der Waals surface area contributed by atoms with Crippen LogP contribution in [0.3, 0.4) is 0 Å². The molecule has 1 heterocycles. The first-order chi connectivity index (χ1) is 15.1. The molecule has 3 rings (SSSR count). The minimum absolute atomic E-state index is 0.0372. The number of ether oxygens (including phenoxy) is 2. The van der Waals surface area contributed by atoms with Crippen LogP contribution < -0.4 is 20.1 Å². The van der Waals surface area contributed by atoms with Gasteiger partial charge in [0.1, 0.15) is 16.5 Å². The quantitative estimate of drug-likeness (QED) is 0.501. The largest absolute Gasteiger partial charge is 0.497 e. The van der Waals surface area contributed by atoms with E-state index >= 15 is 0 Å². The van der Waals surface area contributed by atoms with E-state index in [0.29, 0.717) is 37.2 Å². The Kier molecular flexibility index (Phi) is 7.94. The van der Waals surface area contributed by atoms with Crippen LogP contribution in [0.25, 0.3) is 0 Å². The van der Waals surface area contributed by atoms with Crippen molar-refractivity contribution in [1.29, 1.82) is 0 Å². The van der Waals surface area contributed by atoms with Crippen molar-refractivity contribution < 1.29 is 19.1 Å². The fourth-order valence-corrected chi connectivity index (χ4v) is 3.55. The lowest BCUT2D eigenvalue weighted by atomic mass is 10.2. The second kappa shape index (κ2) is 11.1. The Morgan fingerprint density at radius 3 is 2.52 bits per heavy atom. The molecule has 0 aliphatic heterocycles. The molecule has 162 valence electrons. The van der Waals surface area contributed by atoms with Gasteiger partial charge >= 0.3 is 0 Å². The van der Waals surface area contributed by atoms with Gasteiger partial charge in [0.15, 0.2) is 0 Å².